The Bertz CT molecular complexity index is 595. The Morgan fingerprint density at radius 2 is 1.89 bits per heavy atom. The maximum atomic E-state index is 13.7. The van der Waals surface area contributed by atoms with Crippen molar-refractivity contribution in [3.63, 3.8) is 0 Å². The van der Waals surface area contributed by atoms with Gasteiger partial charge in [-0.25, -0.2) is 8.78 Å². The van der Waals surface area contributed by atoms with Crippen molar-refractivity contribution in [1.29, 1.82) is 0 Å². The van der Waals surface area contributed by atoms with Gasteiger partial charge < -0.3 is 0 Å². The van der Waals surface area contributed by atoms with Crippen molar-refractivity contribution in [2.24, 2.45) is 0 Å². The number of alkyl halides is 1. The third-order valence-corrected chi connectivity index (χ3v) is 4.63. The smallest absolute Gasteiger partial charge is 0.127 e. The molecule has 92 valence electrons. The first-order valence-electron chi connectivity index (χ1n) is 5.83. The zero-order valence-electron chi connectivity index (χ0n) is 9.54. The van der Waals surface area contributed by atoms with Crippen molar-refractivity contribution in [3.8, 4) is 0 Å². The molecule has 0 aliphatic heterocycles. The van der Waals surface area contributed by atoms with E-state index in [4.69, 9.17) is 0 Å². The van der Waals surface area contributed by atoms with Crippen LogP contribution in [0.3, 0.4) is 0 Å². The van der Waals surface area contributed by atoms with Crippen molar-refractivity contribution in [3.05, 3.63) is 70.8 Å². The fourth-order valence-corrected chi connectivity index (χ4v) is 3.32. The molecule has 3 heteroatoms. The SMILES string of the molecule is Fc1ccc(F)c(C(Br)C2Cc3ccccc32)c1. The number of halogens is 3. The summed E-state index contributed by atoms with van der Waals surface area (Å²) in [6.07, 6.45) is 0.905. The summed E-state index contributed by atoms with van der Waals surface area (Å²) in [4.78, 5) is -0.178. The molecule has 0 spiro atoms. The molecule has 1 aliphatic rings. The van der Waals surface area contributed by atoms with Crippen LogP contribution in [0.1, 0.15) is 27.4 Å². The molecule has 0 radical (unpaired) electrons. The molecule has 0 bridgehead atoms. The van der Waals surface area contributed by atoms with E-state index in [-0.39, 0.29) is 16.6 Å². The zero-order chi connectivity index (χ0) is 12.7. The van der Waals surface area contributed by atoms with Gasteiger partial charge >= 0.3 is 0 Å². The minimum absolute atomic E-state index is 0.178. The lowest BCUT2D eigenvalue weighted by Gasteiger charge is -2.34. The fourth-order valence-electron chi connectivity index (χ4n) is 2.50. The van der Waals surface area contributed by atoms with Crippen LogP contribution in [0.2, 0.25) is 0 Å². The predicted molar refractivity (Wildman–Crippen MR) is 70.9 cm³/mol. The van der Waals surface area contributed by atoms with Gasteiger partial charge in [-0.3, -0.25) is 0 Å². The van der Waals surface area contributed by atoms with Crippen LogP contribution >= 0.6 is 15.9 Å². The average Bonchev–Trinajstić information content (AvgIpc) is 2.33. The largest absolute Gasteiger partial charge is 0.207 e. The van der Waals surface area contributed by atoms with Gasteiger partial charge in [0.05, 0.1) is 0 Å². The molecule has 18 heavy (non-hydrogen) atoms. The third-order valence-electron chi connectivity index (χ3n) is 3.50. The van der Waals surface area contributed by atoms with E-state index in [0.29, 0.717) is 5.56 Å². The van der Waals surface area contributed by atoms with Crippen LogP contribution in [0.4, 0.5) is 8.78 Å². The van der Waals surface area contributed by atoms with Gasteiger partial charge in [0.25, 0.3) is 0 Å². The van der Waals surface area contributed by atoms with Crippen molar-refractivity contribution >= 4 is 15.9 Å². The highest BCUT2D eigenvalue weighted by Gasteiger charge is 2.33. The van der Waals surface area contributed by atoms with Crippen molar-refractivity contribution in [2.75, 3.05) is 0 Å². The van der Waals surface area contributed by atoms with E-state index in [1.165, 1.54) is 23.3 Å². The summed E-state index contributed by atoms with van der Waals surface area (Å²) in [5.41, 5.74) is 2.92. The number of hydrogen-bond donors (Lipinski definition) is 0. The monoisotopic (exact) mass is 308 g/mol. The van der Waals surface area contributed by atoms with Gasteiger partial charge in [-0.1, -0.05) is 40.2 Å². The Hall–Kier alpha value is -1.22. The van der Waals surface area contributed by atoms with Crippen LogP contribution in [0.25, 0.3) is 0 Å². The van der Waals surface area contributed by atoms with Crippen molar-refractivity contribution < 1.29 is 8.78 Å². The van der Waals surface area contributed by atoms with Gasteiger partial charge in [-0.15, -0.1) is 0 Å². The second-order valence-electron chi connectivity index (χ2n) is 4.58. The zero-order valence-corrected chi connectivity index (χ0v) is 11.1. The van der Waals surface area contributed by atoms with E-state index in [9.17, 15) is 8.78 Å². The molecule has 2 aromatic rings. The van der Waals surface area contributed by atoms with Crippen LogP contribution in [0, 0.1) is 11.6 Å². The molecule has 0 amide bonds. The van der Waals surface area contributed by atoms with Crippen molar-refractivity contribution in [2.45, 2.75) is 17.2 Å². The van der Waals surface area contributed by atoms with E-state index < -0.39 is 5.82 Å². The van der Waals surface area contributed by atoms with Gasteiger partial charge in [-0.2, -0.15) is 0 Å². The minimum atomic E-state index is -0.400. The number of rotatable bonds is 2. The van der Waals surface area contributed by atoms with E-state index in [1.54, 1.807) is 0 Å². The molecule has 1 aliphatic carbocycles. The topological polar surface area (TPSA) is 0 Å². The molecule has 0 N–H and O–H groups in total. The van der Waals surface area contributed by atoms with Crippen LogP contribution in [0.5, 0.6) is 0 Å². The number of fused-ring (bicyclic) bond motifs is 1. The second kappa shape index (κ2) is 4.47. The Kier molecular flexibility index (Phi) is 2.94. The highest BCUT2D eigenvalue weighted by Crippen LogP contribution is 2.48. The standard InChI is InChI=1S/C15H11BrF2/c16-15(13-8-10(17)5-6-14(13)18)12-7-9-3-1-2-4-11(9)12/h1-6,8,12,15H,7H2. The first-order valence-corrected chi connectivity index (χ1v) is 6.75. The molecule has 3 rings (SSSR count). The molecule has 0 saturated carbocycles. The lowest BCUT2D eigenvalue weighted by Crippen LogP contribution is -2.21. The maximum absolute atomic E-state index is 13.7. The maximum Gasteiger partial charge on any atom is 0.127 e. The molecule has 0 nitrogen and oxygen atoms in total. The number of hydrogen-bond acceptors (Lipinski definition) is 0. The summed E-state index contributed by atoms with van der Waals surface area (Å²) in [6, 6.07) is 11.7. The highest BCUT2D eigenvalue weighted by molar-refractivity contribution is 9.09. The summed E-state index contributed by atoms with van der Waals surface area (Å²) in [6.45, 7) is 0. The van der Waals surface area contributed by atoms with E-state index >= 15 is 0 Å². The lowest BCUT2D eigenvalue weighted by molar-refractivity contribution is 0.546. The molecule has 0 saturated heterocycles. The van der Waals surface area contributed by atoms with Gasteiger partial charge in [0.2, 0.25) is 0 Å². The normalized spacial score (nSPS) is 18.9. The predicted octanol–water partition coefficient (Wildman–Crippen LogP) is 4.74. The Labute approximate surface area is 113 Å². The second-order valence-corrected chi connectivity index (χ2v) is 5.56. The molecule has 2 atom stereocenters. The van der Waals surface area contributed by atoms with Crippen LogP contribution in [0.15, 0.2) is 42.5 Å². The summed E-state index contributed by atoms with van der Waals surface area (Å²) in [5, 5.41) is 0. The van der Waals surface area contributed by atoms with E-state index in [2.05, 4.69) is 28.1 Å². The van der Waals surface area contributed by atoms with Gasteiger partial charge in [-0.05, 0) is 35.7 Å². The molecular weight excluding hydrogens is 298 g/mol. The molecule has 2 unspecified atom stereocenters. The highest BCUT2D eigenvalue weighted by atomic mass is 79.9. The molecule has 0 fully saturated rings. The minimum Gasteiger partial charge on any atom is -0.207 e. The van der Waals surface area contributed by atoms with Crippen molar-refractivity contribution in [1.82, 2.24) is 0 Å². The van der Waals surface area contributed by atoms with Crippen LogP contribution < -0.4 is 0 Å². The third kappa shape index (κ3) is 1.87. The Morgan fingerprint density at radius 3 is 2.67 bits per heavy atom. The summed E-state index contributed by atoms with van der Waals surface area (Å²) >= 11 is 3.51. The molecular formula is C15H11BrF2. The lowest BCUT2D eigenvalue weighted by atomic mass is 9.74. The number of benzene rings is 2. The first kappa shape index (κ1) is 11.8. The van der Waals surface area contributed by atoms with Gasteiger partial charge in [0, 0.05) is 16.3 Å². The van der Waals surface area contributed by atoms with Gasteiger partial charge in [0.1, 0.15) is 11.6 Å². The summed E-state index contributed by atoms with van der Waals surface area (Å²) in [7, 11) is 0. The fraction of sp³-hybridized carbons (Fsp3) is 0.200. The van der Waals surface area contributed by atoms with E-state index in [0.717, 1.165) is 12.5 Å². The van der Waals surface area contributed by atoms with E-state index in [1.807, 2.05) is 12.1 Å². The average molecular weight is 309 g/mol. The Morgan fingerprint density at radius 1 is 1.11 bits per heavy atom. The Balaban J connectivity index is 1.93. The molecule has 0 heterocycles. The molecule has 0 aromatic heterocycles. The quantitative estimate of drug-likeness (QED) is 0.703. The van der Waals surface area contributed by atoms with Crippen LogP contribution in [-0.2, 0) is 6.42 Å². The van der Waals surface area contributed by atoms with Gasteiger partial charge in [0.15, 0.2) is 0 Å². The van der Waals surface area contributed by atoms with Crippen LogP contribution in [-0.4, -0.2) is 0 Å². The molecule has 2 aromatic carbocycles. The first-order chi connectivity index (χ1) is 8.66. The summed E-state index contributed by atoms with van der Waals surface area (Å²) < 4.78 is 26.9. The summed E-state index contributed by atoms with van der Waals surface area (Å²) in [5.74, 6) is -0.538.